The zero-order chi connectivity index (χ0) is 31.4. The highest BCUT2D eigenvalue weighted by Gasteiger charge is 2.39. The summed E-state index contributed by atoms with van der Waals surface area (Å²) in [5.74, 6) is -1.32. The molecule has 1 N–H and O–H groups in total. The van der Waals surface area contributed by atoms with Gasteiger partial charge < -0.3 is 19.6 Å². The number of phenols is 1. The number of hydrogen-bond acceptors (Lipinski definition) is 8. The molecule has 44 heavy (non-hydrogen) atoms. The number of rotatable bonds is 4. The van der Waals surface area contributed by atoms with Crippen LogP contribution in [-0.4, -0.2) is 67.2 Å². The van der Waals surface area contributed by atoms with Gasteiger partial charge in [-0.25, -0.2) is 18.7 Å². The lowest BCUT2D eigenvalue weighted by Gasteiger charge is -2.46. The van der Waals surface area contributed by atoms with E-state index in [1.165, 1.54) is 22.8 Å². The summed E-state index contributed by atoms with van der Waals surface area (Å²) in [6, 6.07) is 5.72. The van der Waals surface area contributed by atoms with Crippen molar-refractivity contribution in [3.63, 3.8) is 0 Å². The third-order valence-corrected chi connectivity index (χ3v) is 8.64. The smallest absolute Gasteiger partial charge is 0.355 e. The van der Waals surface area contributed by atoms with Gasteiger partial charge in [-0.2, -0.15) is 4.98 Å². The summed E-state index contributed by atoms with van der Waals surface area (Å²) < 4.78 is 24.1. The number of nitrogens with zero attached hydrogens (tertiary/aromatic N) is 6. The van der Waals surface area contributed by atoms with Gasteiger partial charge >= 0.3 is 5.69 Å². The summed E-state index contributed by atoms with van der Waals surface area (Å²) in [7, 11) is 0. The molecule has 12 heteroatoms. The Morgan fingerprint density at radius 2 is 2.02 bits per heavy atom. The fourth-order valence-electron chi connectivity index (χ4n) is 6.19. The van der Waals surface area contributed by atoms with E-state index in [1.807, 2.05) is 32.6 Å². The van der Waals surface area contributed by atoms with Crippen LogP contribution in [0.2, 0.25) is 5.02 Å². The van der Waals surface area contributed by atoms with Crippen molar-refractivity contribution in [3.05, 3.63) is 75.7 Å². The van der Waals surface area contributed by atoms with Crippen LogP contribution in [0.15, 0.2) is 47.9 Å². The maximum absolute atomic E-state index is 16.6. The predicted octanol–water partition coefficient (Wildman–Crippen LogP) is 5.15. The van der Waals surface area contributed by atoms with Crippen LogP contribution in [0.1, 0.15) is 44.4 Å². The Balaban J connectivity index is 1.73. The van der Waals surface area contributed by atoms with Gasteiger partial charge in [0.25, 0.3) is 0 Å². The van der Waals surface area contributed by atoms with Gasteiger partial charge in [-0.1, -0.05) is 38.1 Å². The molecule has 5 heterocycles. The zero-order valence-electron chi connectivity index (χ0n) is 24.8. The van der Waals surface area contributed by atoms with Crippen molar-refractivity contribution in [1.29, 1.82) is 0 Å². The Bertz CT molecular complexity index is 1870. The molecule has 1 amide bonds. The van der Waals surface area contributed by atoms with Gasteiger partial charge in [0.05, 0.1) is 34.6 Å². The molecule has 1 fully saturated rings. The number of pyridine rings is 2. The number of hydrogen-bond donors (Lipinski definition) is 1. The number of phenolic OH excluding ortho intramolecular Hbond substituents is 1. The lowest BCUT2D eigenvalue weighted by molar-refractivity contribution is -0.129. The summed E-state index contributed by atoms with van der Waals surface area (Å²) in [4.78, 5) is 44.4. The van der Waals surface area contributed by atoms with Crippen molar-refractivity contribution in [1.82, 2.24) is 24.4 Å². The molecular formula is C32H32ClFN6O4. The third kappa shape index (κ3) is 4.66. The number of aryl methyl sites for hydroxylation is 1. The van der Waals surface area contributed by atoms with Crippen LogP contribution in [0.25, 0.3) is 28.0 Å². The summed E-state index contributed by atoms with van der Waals surface area (Å²) >= 11 is 6.48. The largest absolute Gasteiger partial charge is 0.507 e. The monoisotopic (exact) mass is 618 g/mol. The Morgan fingerprint density at radius 1 is 1.25 bits per heavy atom. The van der Waals surface area contributed by atoms with E-state index in [1.54, 1.807) is 23.2 Å². The van der Waals surface area contributed by atoms with Crippen LogP contribution in [0.4, 0.5) is 10.2 Å². The van der Waals surface area contributed by atoms with E-state index in [-0.39, 0.29) is 75.1 Å². The molecule has 0 bridgehead atoms. The SMILES string of the molecule is C=CC(=O)N1CC2CCOc3c(F)c(-c4c(O)cccc4Cl)nc4c3c(nc(=O)n4-c3c(C)ccnc3C(C)C)N2CC1C. The van der Waals surface area contributed by atoms with E-state index in [0.29, 0.717) is 30.9 Å². The third-order valence-electron chi connectivity index (χ3n) is 8.33. The molecule has 0 aliphatic carbocycles. The van der Waals surface area contributed by atoms with Gasteiger partial charge in [0.1, 0.15) is 22.6 Å². The number of aromatic hydroxyl groups is 1. The first kappa shape index (κ1) is 29.6. The molecule has 2 atom stereocenters. The van der Waals surface area contributed by atoms with Crippen LogP contribution in [0.3, 0.4) is 0 Å². The second-order valence-corrected chi connectivity index (χ2v) is 11.9. The molecule has 1 aromatic carbocycles. The van der Waals surface area contributed by atoms with E-state index in [9.17, 15) is 14.7 Å². The maximum Gasteiger partial charge on any atom is 0.355 e. The van der Waals surface area contributed by atoms with Gasteiger partial charge in [-0.15, -0.1) is 0 Å². The first-order valence-corrected chi connectivity index (χ1v) is 14.8. The molecule has 2 unspecified atom stereocenters. The van der Waals surface area contributed by atoms with Crippen LogP contribution < -0.4 is 15.3 Å². The van der Waals surface area contributed by atoms with E-state index in [2.05, 4.69) is 16.5 Å². The molecule has 2 aliphatic rings. The molecule has 2 aliphatic heterocycles. The van der Waals surface area contributed by atoms with Crippen LogP contribution in [-0.2, 0) is 4.79 Å². The van der Waals surface area contributed by atoms with E-state index < -0.39 is 11.5 Å². The zero-order valence-corrected chi connectivity index (χ0v) is 25.6. The Hall–Kier alpha value is -4.51. The molecule has 0 spiro atoms. The van der Waals surface area contributed by atoms with Crippen molar-refractivity contribution >= 4 is 34.4 Å². The number of ether oxygens (including phenoxy) is 1. The number of carbonyl (C=O) groups is 1. The number of fused-ring (bicyclic) bond motifs is 2. The van der Waals surface area contributed by atoms with Gasteiger partial charge in [-0.3, -0.25) is 9.78 Å². The molecule has 0 saturated carbocycles. The van der Waals surface area contributed by atoms with Crippen molar-refractivity contribution in [2.24, 2.45) is 0 Å². The molecule has 10 nitrogen and oxygen atoms in total. The minimum atomic E-state index is -0.840. The highest BCUT2D eigenvalue weighted by atomic mass is 35.5. The number of halogens is 2. The summed E-state index contributed by atoms with van der Waals surface area (Å²) in [5.41, 5.74) is 1.02. The van der Waals surface area contributed by atoms with Crippen molar-refractivity contribution in [2.45, 2.75) is 52.1 Å². The number of amides is 1. The fourth-order valence-corrected chi connectivity index (χ4v) is 6.45. The molecule has 4 aromatic rings. The van der Waals surface area contributed by atoms with Gasteiger partial charge in [0.2, 0.25) is 5.91 Å². The van der Waals surface area contributed by atoms with Crippen LogP contribution in [0, 0.1) is 12.7 Å². The summed E-state index contributed by atoms with van der Waals surface area (Å²) in [5, 5.41) is 11.1. The second-order valence-electron chi connectivity index (χ2n) is 11.5. The molecular weight excluding hydrogens is 587 g/mol. The highest BCUT2D eigenvalue weighted by Crippen LogP contribution is 2.45. The molecule has 0 radical (unpaired) electrons. The molecule has 6 rings (SSSR count). The van der Waals surface area contributed by atoms with E-state index in [4.69, 9.17) is 21.3 Å². The van der Waals surface area contributed by atoms with Crippen LogP contribution in [0.5, 0.6) is 11.5 Å². The highest BCUT2D eigenvalue weighted by molar-refractivity contribution is 6.33. The number of carbonyl (C=O) groups excluding carboxylic acids is 1. The normalized spacial score (nSPS) is 18.1. The first-order chi connectivity index (χ1) is 21.0. The quantitative estimate of drug-likeness (QED) is 0.313. The maximum atomic E-state index is 16.6. The number of anilines is 1. The summed E-state index contributed by atoms with van der Waals surface area (Å²) in [6.45, 7) is 12.1. The Morgan fingerprint density at radius 3 is 2.73 bits per heavy atom. The fraction of sp³-hybridized carbons (Fsp3) is 0.344. The molecule has 3 aromatic heterocycles. The minimum absolute atomic E-state index is 0.0251. The molecule has 1 saturated heterocycles. The Kier molecular flexibility index (Phi) is 7.53. The number of benzene rings is 1. The number of aromatic nitrogens is 4. The first-order valence-electron chi connectivity index (χ1n) is 14.5. The van der Waals surface area contributed by atoms with Gasteiger partial charge in [-0.05, 0) is 49.6 Å². The summed E-state index contributed by atoms with van der Waals surface area (Å²) in [6.07, 6.45) is 3.38. The standard InChI is InChI=1S/C32H32ClFN6O4/c1-6-22(42)38-15-19-11-13-44-29-24-30(39(19)14-18(38)5)37-32(43)40(28-17(4)10-12-35-26(28)16(2)3)31(24)36-27(25(29)34)23-20(33)8-7-9-21(23)41/h6-10,12,16,18-19,41H,1,11,13-15H2,2-5H3. The molecule has 228 valence electrons. The van der Waals surface area contributed by atoms with Crippen LogP contribution >= 0.6 is 11.6 Å². The lowest BCUT2D eigenvalue weighted by atomic mass is 10.0. The minimum Gasteiger partial charge on any atom is -0.507 e. The van der Waals surface area contributed by atoms with Crippen molar-refractivity contribution in [2.75, 3.05) is 24.6 Å². The average molecular weight is 619 g/mol. The van der Waals surface area contributed by atoms with Crippen molar-refractivity contribution in [3.8, 4) is 28.4 Å². The van der Waals surface area contributed by atoms with Crippen molar-refractivity contribution < 1.29 is 19.0 Å². The Labute approximate surface area is 258 Å². The van der Waals surface area contributed by atoms with E-state index >= 15 is 4.39 Å². The average Bonchev–Trinajstić information content (AvgIpc) is 2.97. The van der Waals surface area contributed by atoms with Gasteiger partial charge in [0.15, 0.2) is 17.2 Å². The van der Waals surface area contributed by atoms with E-state index in [0.717, 1.165) is 5.56 Å². The second kappa shape index (κ2) is 11.2. The topological polar surface area (TPSA) is 114 Å². The lowest BCUT2D eigenvalue weighted by Crippen LogP contribution is -2.60. The van der Waals surface area contributed by atoms with Gasteiger partial charge in [0, 0.05) is 31.7 Å². The number of piperazine rings is 1. The predicted molar refractivity (Wildman–Crippen MR) is 166 cm³/mol.